The molecule has 17 nitrogen and oxygen atoms in total. The van der Waals surface area contributed by atoms with Crippen molar-refractivity contribution in [2.24, 2.45) is 33.7 Å². The lowest BCUT2D eigenvalue weighted by Gasteiger charge is -2.62. The van der Waals surface area contributed by atoms with Gasteiger partial charge in [0.2, 0.25) is 5.91 Å². The topological polar surface area (TPSA) is 274 Å². The molecule has 74 heavy (non-hydrogen) atoms. The van der Waals surface area contributed by atoms with E-state index in [1.54, 1.807) is 33.0 Å². The molecule has 9 rings (SSSR count). The van der Waals surface area contributed by atoms with Crippen molar-refractivity contribution in [3.8, 4) is 0 Å². The fraction of sp³-hybridized carbons (Fsp3) is 0.382. The van der Waals surface area contributed by atoms with Crippen molar-refractivity contribution in [1.82, 2.24) is 14.9 Å². The number of carbonyl (C=O) groups is 3. The third kappa shape index (κ3) is 9.58. The average Bonchev–Trinajstić information content (AvgIpc) is 4.04. The summed E-state index contributed by atoms with van der Waals surface area (Å²) in [5, 5.41) is 67.8. The zero-order valence-electron chi connectivity index (χ0n) is 41.0. The van der Waals surface area contributed by atoms with Gasteiger partial charge in [0.25, 0.3) is 5.69 Å². The number of azide groups is 1. The second-order valence-corrected chi connectivity index (χ2v) is 20.1. The molecule has 4 aliphatic carbocycles. The van der Waals surface area contributed by atoms with E-state index in [0.717, 1.165) is 21.7 Å². The number of Topliss-reactive ketones (excluding diaryl/α,β-unsaturated/α-hetero) is 1. The van der Waals surface area contributed by atoms with E-state index in [4.69, 9.17) is 17.1 Å². The monoisotopic (exact) mass is 1030 g/mol. The van der Waals surface area contributed by atoms with Crippen LogP contribution in [0.25, 0.3) is 10.4 Å². The Morgan fingerprint density at radius 2 is 1.64 bits per heavy atom. The molecule has 1 aromatic heterocycles. The van der Waals surface area contributed by atoms with Crippen molar-refractivity contribution in [1.29, 1.82) is 0 Å². The molecule has 3 fully saturated rings. The van der Waals surface area contributed by atoms with Gasteiger partial charge in [-0.25, -0.2) is 9.37 Å². The Kier molecular flexibility index (Phi) is 16.5. The number of nitro benzene ring substituents is 1. The molecule has 1 amide bonds. The van der Waals surface area contributed by atoms with Crippen LogP contribution >= 0.6 is 11.6 Å². The number of alkyl halides is 1. The van der Waals surface area contributed by atoms with Gasteiger partial charge in [0, 0.05) is 56.8 Å². The van der Waals surface area contributed by atoms with Gasteiger partial charge < -0.3 is 35.4 Å². The van der Waals surface area contributed by atoms with Gasteiger partial charge in [0.1, 0.15) is 30.4 Å². The zero-order chi connectivity index (χ0) is 53.6. The Morgan fingerprint density at radius 1 is 1.01 bits per heavy atom. The third-order valence-corrected chi connectivity index (χ3v) is 16.3. The van der Waals surface area contributed by atoms with Gasteiger partial charge in [0.05, 0.1) is 30.0 Å². The highest BCUT2D eigenvalue weighted by Gasteiger charge is 2.75. The van der Waals surface area contributed by atoms with E-state index in [0.29, 0.717) is 30.4 Å². The molecule has 1 heterocycles. The van der Waals surface area contributed by atoms with Crippen LogP contribution in [0.4, 0.5) is 10.1 Å². The fourth-order valence-electron chi connectivity index (χ4n) is 12.3. The van der Waals surface area contributed by atoms with E-state index in [9.17, 15) is 50.0 Å². The zero-order valence-corrected chi connectivity index (χ0v) is 41.7. The number of hydrogen-bond donors (Lipinski definition) is 6. The number of halogens is 2. The largest absolute Gasteiger partial charge is 0.394 e. The predicted molar refractivity (Wildman–Crippen MR) is 273 cm³/mol. The highest BCUT2D eigenvalue weighted by Crippen LogP contribution is 2.70. The summed E-state index contributed by atoms with van der Waals surface area (Å²) in [6.07, 6.45) is 8.82. The van der Waals surface area contributed by atoms with Gasteiger partial charge in [-0.05, 0) is 97.0 Å². The number of rotatable bonds is 13. The minimum Gasteiger partial charge on any atom is -0.394 e. The summed E-state index contributed by atoms with van der Waals surface area (Å²) < 4.78 is 19.0. The normalized spacial score (nSPS) is 27.4. The first-order valence-electron chi connectivity index (χ1n) is 24.1. The van der Waals surface area contributed by atoms with E-state index in [1.807, 2.05) is 42.9 Å². The summed E-state index contributed by atoms with van der Waals surface area (Å²) in [6.45, 7) is 3.47. The number of hydrogen-bond acceptors (Lipinski definition) is 12. The number of non-ortho nitro benzene ring substituents is 1. The SMILES string of the molecule is C[C@@H]1C[C@H]2[C@@H]3CCC4=CC(=O)C=C[C@]4(C)C3(F)[C@@H](O)C[C@]2(C)[C@@]1(O)C(=O)CO.Clc1ccccc1C(c1ccccc1)(c1ccccc1)n1ccnc1.[N-]=[N+]=NCC(=O)N[C@H](CO)[C@H](O)c1ccc([N+](=O)[O-])cc1. The molecule has 0 saturated heterocycles. The lowest BCUT2D eigenvalue weighted by atomic mass is 9.44. The van der Waals surface area contributed by atoms with Crippen LogP contribution < -0.4 is 5.32 Å². The van der Waals surface area contributed by atoms with Gasteiger partial charge >= 0.3 is 0 Å². The number of allylic oxidation sites excluding steroid dienone is 4. The summed E-state index contributed by atoms with van der Waals surface area (Å²) in [7, 11) is 0. The second-order valence-electron chi connectivity index (χ2n) is 19.7. The first-order valence-corrected chi connectivity index (χ1v) is 24.5. The first kappa shape index (κ1) is 54.9. The number of benzene rings is 4. The Bertz CT molecular complexity index is 2900. The van der Waals surface area contributed by atoms with Crippen LogP contribution in [0.3, 0.4) is 0 Å². The van der Waals surface area contributed by atoms with Gasteiger partial charge in [0.15, 0.2) is 17.2 Å². The molecule has 4 aromatic carbocycles. The molecular weight excluding hydrogens is 973 g/mol. The molecule has 6 N–H and O–H groups in total. The molecular formula is C55H59ClFN7O10. The van der Waals surface area contributed by atoms with Gasteiger partial charge in [-0.1, -0.05) is 121 Å². The van der Waals surface area contributed by atoms with E-state index in [-0.39, 0.29) is 23.8 Å². The Hall–Kier alpha value is -6.89. The maximum absolute atomic E-state index is 16.9. The number of nitro groups is 1. The molecule has 5 aromatic rings. The van der Waals surface area contributed by atoms with Crippen LogP contribution in [0.1, 0.15) is 74.8 Å². The predicted octanol–water partition coefficient (Wildman–Crippen LogP) is 7.69. The van der Waals surface area contributed by atoms with Crippen LogP contribution in [0, 0.1) is 38.7 Å². The maximum Gasteiger partial charge on any atom is 0.269 e. The lowest BCUT2D eigenvalue weighted by molar-refractivity contribution is -0.384. The van der Waals surface area contributed by atoms with Gasteiger partial charge in [-0.3, -0.25) is 24.5 Å². The highest BCUT2D eigenvalue weighted by molar-refractivity contribution is 6.31. The minimum atomic E-state index is -1.98. The third-order valence-electron chi connectivity index (χ3n) is 16.0. The van der Waals surface area contributed by atoms with Gasteiger partial charge in [-0.15, -0.1) is 0 Å². The number of carbonyl (C=O) groups excluding carboxylic acids is 3. The number of aromatic nitrogens is 2. The smallest absolute Gasteiger partial charge is 0.269 e. The average molecular weight is 1030 g/mol. The molecule has 0 bridgehead atoms. The lowest BCUT2D eigenvalue weighted by Crippen LogP contribution is -2.69. The Labute approximate surface area is 431 Å². The van der Waals surface area contributed by atoms with Crippen molar-refractivity contribution in [3.63, 3.8) is 0 Å². The number of aliphatic hydroxyl groups excluding tert-OH is 4. The van der Waals surface area contributed by atoms with E-state index < -0.39 is 94.1 Å². The van der Waals surface area contributed by atoms with Crippen molar-refractivity contribution in [2.45, 2.75) is 81.5 Å². The number of imidazole rings is 1. The van der Waals surface area contributed by atoms with Crippen LogP contribution in [0.5, 0.6) is 0 Å². The van der Waals surface area contributed by atoms with Crippen molar-refractivity contribution in [2.75, 3.05) is 19.8 Å². The number of ketones is 2. The Balaban J connectivity index is 0.000000164. The van der Waals surface area contributed by atoms with Gasteiger partial charge in [-0.2, -0.15) is 0 Å². The number of amides is 1. The summed E-state index contributed by atoms with van der Waals surface area (Å²) in [4.78, 5) is 52.4. The number of fused-ring (bicyclic) bond motifs is 5. The number of aliphatic hydroxyl groups is 5. The fourth-order valence-corrected chi connectivity index (χ4v) is 12.6. The molecule has 0 aliphatic heterocycles. The maximum atomic E-state index is 16.9. The molecule has 0 radical (unpaired) electrons. The minimum absolute atomic E-state index is 0.0676. The molecule has 1 unspecified atom stereocenters. The van der Waals surface area contributed by atoms with Crippen molar-refractivity contribution >= 4 is 34.8 Å². The molecule has 3 saturated carbocycles. The van der Waals surface area contributed by atoms with Crippen LogP contribution in [-0.2, 0) is 19.9 Å². The standard InChI is InChI=1S/C22H17ClN2.C22H29FO5.C11H13N5O5/c23-21-14-8-7-13-20(21)22(25-16-15-24-17-25,18-9-3-1-4-10-18)19-11-5-2-6-12-19;1-12-8-16-15-5-4-13-9-14(25)6-7-19(13,2)21(15,23)17(26)10-20(16,3)22(12,28)18(27)11-24;12-15-13-5-10(18)14-9(6-17)11(19)7-1-3-8(4-2-7)16(20)21/h1-17H;6-7,9,12,15-17,24,26,28H,4-5,8,10-11H2,1-3H3;1-4,9,11,17,19H,5-6H2,(H,14,18)/t;12-,15+,16+,17+,19+,20+,21?,22+;9-,11-/m.11/s1. The summed E-state index contributed by atoms with van der Waals surface area (Å²) >= 11 is 6.69. The molecule has 0 spiro atoms. The van der Waals surface area contributed by atoms with Crippen molar-refractivity contribution < 1.29 is 49.2 Å². The summed E-state index contributed by atoms with van der Waals surface area (Å²) in [5.74, 6) is -2.78. The molecule has 4 aliphatic rings. The molecule has 388 valence electrons. The van der Waals surface area contributed by atoms with Crippen LogP contribution in [-0.4, -0.2) is 101 Å². The first-order chi connectivity index (χ1) is 35.3. The van der Waals surface area contributed by atoms with Crippen LogP contribution in [0.15, 0.2) is 157 Å². The number of nitrogens with one attached hydrogen (secondary N) is 1. The van der Waals surface area contributed by atoms with E-state index in [2.05, 4.69) is 79.5 Å². The molecule has 10 atom stereocenters. The summed E-state index contributed by atoms with van der Waals surface area (Å²) in [5.41, 5.74) is 5.77. The highest BCUT2D eigenvalue weighted by atomic mass is 35.5. The van der Waals surface area contributed by atoms with Crippen molar-refractivity contribution in [3.05, 3.63) is 200 Å². The molecule has 19 heteroatoms. The Morgan fingerprint density at radius 3 is 2.19 bits per heavy atom. The van der Waals surface area contributed by atoms with E-state index in [1.165, 1.54) is 36.4 Å². The second kappa shape index (κ2) is 22.3. The number of nitrogens with zero attached hydrogens (tertiary/aromatic N) is 6. The summed E-state index contributed by atoms with van der Waals surface area (Å²) in [6, 6.07) is 32.9. The van der Waals surface area contributed by atoms with E-state index >= 15 is 4.39 Å². The van der Waals surface area contributed by atoms with Crippen LogP contribution in [0.2, 0.25) is 5.02 Å². The quantitative estimate of drug-likeness (QED) is 0.0166.